The molecule has 0 N–H and O–H groups in total. The van der Waals surface area contributed by atoms with Crippen LogP contribution in [0.4, 0.5) is 0 Å². The van der Waals surface area contributed by atoms with Crippen LogP contribution in [0.5, 0.6) is 5.75 Å². The van der Waals surface area contributed by atoms with Crippen molar-refractivity contribution in [1.82, 2.24) is 0 Å². The second kappa shape index (κ2) is 104. The normalized spacial score (nSPS) is 13.9. The molecular formula is C132H232O6S. The maximum absolute atomic E-state index is 12.6. The van der Waals surface area contributed by atoms with Crippen molar-refractivity contribution >= 4 is 9.84 Å². The third kappa shape index (κ3) is 86.6. The van der Waals surface area contributed by atoms with E-state index in [-0.39, 0.29) is 5.75 Å². The highest BCUT2D eigenvalue weighted by Gasteiger charge is 2.19. The molecule has 9 rings (SSSR count). The van der Waals surface area contributed by atoms with Gasteiger partial charge in [0.2, 0.25) is 0 Å². The fourth-order valence-corrected chi connectivity index (χ4v) is 22.0. The number of rotatable bonds is 78. The average molecular weight is 1950 g/mol. The largest absolute Gasteiger partial charge is 0.489 e. The van der Waals surface area contributed by atoms with Crippen molar-refractivity contribution in [3.63, 3.8) is 0 Å². The molecule has 6 nitrogen and oxygen atoms in total. The molecule has 802 valence electrons. The van der Waals surface area contributed by atoms with Crippen LogP contribution >= 0.6 is 0 Å². The van der Waals surface area contributed by atoms with E-state index in [9.17, 15) is 8.42 Å². The predicted octanol–water partition coefficient (Wildman–Crippen LogP) is 43.8. The third-order valence-electron chi connectivity index (χ3n) is 29.6. The first-order chi connectivity index (χ1) is 68.6. The second-order valence-corrected chi connectivity index (χ2v) is 44.9. The second-order valence-electron chi connectivity index (χ2n) is 42.9. The van der Waals surface area contributed by atoms with Crippen LogP contribution in [0.3, 0.4) is 0 Å². The van der Waals surface area contributed by atoms with Gasteiger partial charge >= 0.3 is 0 Å². The Kier molecular flexibility index (Phi) is 97.6. The molecule has 0 bridgehead atoms. The highest BCUT2D eigenvalue weighted by molar-refractivity contribution is 7.90. The van der Waals surface area contributed by atoms with E-state index in [0.29, 0.717) is 17.3 Å². The summed E-state index contributed by atoms with van der Waals surface area (Å²) in [5, 5.41) is 0. The molecule has 0 atom stereocenters. The van der Waals surface area contributed by atoms with E-state index in [0.717, 1.165) is 80.0 Å². The van der Waals surface area contributed by atoms with E-state index < -0.39 is 9.84 Å². The van der Waals surface area contributed by atoms with Crippen LogP contribution in [0.25, 0.3) is 0 Å². The van der Waals surface area contributed by atoms with Gasteiger partial charge in [-0.15, -0.1) is 0 Å². The summed E-state index contributed by atoms with van der Waals surface area (Å²) < 4.78 is 48.3. The van der Waals surface area contributed by atoms with Gasteiger partial charge in [0.15, 0.2) is 9.84 Å². The molecular weight excluding hydrogens is 1710 g/mol. The van der Waals surface area contributed by atoms with Crippen molar-refractivity contribution in [2.45, 2.75) is 606 Å². The van der Waals surface area contributed by atoms with E-state index in [4.69, 9.17) is 18.9 Å². The fourth-order valence-electron chi connectivity index (χ4n) is 20.6. The SMILES string of the molecule is CC.CCCCCCCCCCCCCC1CCCC1.CCCCCCCCCCCCCC1CCCCC1.CCCCCCCCCCCCCc1ccccc1.CCCCCCCCCCCOCC1CCCC1.CCCCCCCCCCCOCC1CCCCC1.CCCCCCCCCCCOCc1ccccc1.Cc1cc(CS(=O)(=O)c2ccccc2)cc(OCc2ccccc2)c1. The third-order valence-corrected chi connectivity index (χ3v) is 31.3. The van der Waals surface area contributed by atoms with Crippen LogP contribution in [0.15, 0.2) is 144 Å². The topological polar surface area (TPSA) is 71.1 Å². The lowest BCUT2D eigenvalue weighted by Crippen LogP contribution is -2.13. The molecule has 4 saturated carbocycles. The quantitative estimate of drug-likeness (QED) is 0.0361. The molecule has 5 aromatic carbocycles. The molecule has 0 aliphatic heterocycles. The first kappa shape index (κ1) is 131. The standard InChI is InChI=1S/C21H20O3S.C19H38.C19H32.C18H36O.C18H30O.C18H36.C17H34O.C2H6/c1-17-12-19(16-25(22,23)21-10-6-3-7-11-21)14-20(13-17)24-15-18-8-4-2-5-9-18;2*1-2-3-4-5-6-7-8-9-10-11-13-16-19-17-14-12-15-18-19;2*1-2-3-4-5-6-7-8-9-13-16-19-17-18-14-11-10-12-15-18;1-2-3-4-5-6-7-8-9-10-11-12-15-18-16-13-14-17-18;1-2-3-4-5-6-7-8-9-12-15-18-16-17-13-10-11-14-17;1-2/h2-14H,15-16H2,1H3;19H,2-18H2,1H3;12,14-15,17-18H,2-11,13,16H2,1H3;18H,2-17H2,1H3;10-12,14-15H,2-9,13,16-17H2,1H3;18H,2-17H2,1H3;17H,2-16H2,1H3;1-2H3. The summed E-state index contributed by atoms with van der Waals surface area (Å²) >= 11 is 0. The maximum atomic E-state index is 12.6. The summed E-state index contributed by atoms with van der Waals surface area (Å²) in [5.74, 6) is 4.63. The van der Waals surface area contributed by atoms with Crippen molar-refractivity contribution < 1.29 is 27.4 Å². The maximum Gasteiger partial charge on any atom is 0.182 e. The Morgan fingerprint density at radius 1 is 0.245 bits per heavy atom. The highest BCUT2D eigenvalue weighted by Crippen LogP contribution is 2.32. The molecule has 4 fully saturated rings. The summed E-state index contributed by atoms with van der Waals surface area (Å²) in [5.41, 5.74) is 5.55. The Labute approximate surface area is 867 Å². The van der Waals surface area contributed by atoms with E-state index in [1.54, 1.807) is 36.4 Å². The van der Waals surface area contributed by atoms with E-state index in [1.165, 1.54) is 531 Å². The van der Waals surface area contributed by atoms with Crippen molar-refractivity contribution in [3.8, 4) is 5.75 Å². The first-order valence-electron chi connectivity index (χ1n) is 61.5. The Bertz CT molecular complexity index is 3140. The molecule has 0 aromatic heterocycles. The van der Waals surface area contributed by atoms with Crippen LogP contribution < -0.4 is 4.74 Å². The molecule has 0 radical (unpaired) electrons. The number of hydrogen-bond donors (Lipinski definition) is 0. The van der Waals surface area contributed by atoms with Crippen LogP contribution in [0, 0.1) is 30.6 Å². The van der Waals surface area contributed by atoms with Gasteiger partial charge in [0.1, 0.15) is 12.4 Å². The van der Waals surface area contributed by atoms with E-state index in [2.05, 4.69) is 96.1 Å². The first-order valence-corrected chi connectivity index (χ1v) is 63.1. The van der Waals surface area contributed by atoms with Crippen LogP contribution in [0.2, 0.25) is 0 Å². The van der Waals surface area contributed by atoms with Gasteiger partial charge in [-0.2, -0.15) is 0 Å². The van der Waals surface area contributed by atoms with E-state index >= 15 is 0 Å². The van der Waals surface area contributed by atoms with Crippen LogP contribution in [0.1, 0.15) is 597 Å². The minimum absolute atomic E-state index is 0.0413. The van der Waals surface area contributed by atoms with Crippen molar-refractivity contribution in [2.24, 2.45) is 23.7 Å². The molecule has 5 aromatic rings. The smallest absolute Gasteiger partial charge is 0.182 e. The number of benzene rings is 5. The van der Waals surface area contributed by atoms with Gasteiger partial charge in [-0.25, -0.2) is 8.42 Å². The lowest BCUT2D eigenvalue weighted by atomic mass is 9.85. The number of sulfone groups is 1. The lowest BCUT2D eigenvalue weighted by Gasteiger charge is -2.21. The van der Waals surface area contributed by atoms with Gasteiger partial charge in [0, 0.05) is 33.0 Å². The Balaban J connectivity index is 0.000000548. The summed E-state index contributed by atoms with van der Waals surface area (Å²) in [4.78, 5) is 0.336. The molecule has 0 unspecified atom stereocenters. The van der Waals surface area contributed by atoms with Crippen molar-refractivity contribution in [3.05, 3.63) is 167 Å². The number of hydrogen-bond acceptors (Lipinski definition) is 6. The summed E-state index contributed by atoms with van der Waals surface area (Å²) in [6.07, 6.45) is 117. The molecule has 139 heavy (non-hydrogen) atoms. The van der Waals surface area contributed by atoms with Gasteiger partial charge in [-0.05, 0) is 140 Å². The molecule has 0 spiro atoms. The monoisotopic (exact) mass is 1950 g/mol. The Morgan fingerprint density at radius 2 is 0.496 bits per heavy atom. The van der Waals surface area contributed by atoms with Gasteiger partial charge in [0.25, 0.3) is 0 Å². The highest BCUT2D eigenvalue weighted by atomic mass is 32.2. The summed E-state index contributed by atoms with van der Waals surface area (Å²) in [6, 6.07) is 45.3. The Hall–Kier alpha value is -4.27. The zero-order valence-corrected chi connectivity index (χ0v) is 94.7. The average Bonchev–Trinajstić information content (AvgIpc) is 1.22. The zero-order valence-electron chi connectivity index (χ0n) is 93.9. The van der Waals surface area contributed by atoms with Crippen molar-refractivity contribution in [2.75, 3.05) is 33.0 Å². The van der Waals surface area contributed by atoms with Crippen molar-refractivity contribution in [1.29, 1.82) is 0 Å². The molecule has 0 saturated heterocycles. The fraction of sp³-hybridized carbons (Fsp3) is 0.773. The van der Waals surface area contributed by atoms with Gasteiger partial charge in [-0.1, -0.05) is 633 Å². The lowest BCUT2D eigenvalue weighted by molar-refractivity contribution is 0.0824. The molecule has 0 heterocycles. The van der Waals surface area contributed by atoms with Crippen LogP contribution in [-0.4, -0.2) is 41.5 Å². The Morgan fingerprint density at radius 3 is 0.813 bits per heavy atom. The van der Waals surface area contributed by atoms with Gasteiger partial charge in [0.05, 0.1) is 17.3 Å². The van der Waals surface area contributed by atoms with Gasteiger partial charge in [-0.3, -0.25) is 0 Å². The number of aryl methyl sites for hydroxylation is 2. The molecule has 7 heteroatoms. The number of unbranched alkanes of at least 4 members (excludes halogenated alkanes) is 54. The minimum Gasteiger partial charge on any atom is -0.489 e. The van der Waals surface area contributed by atoms with Gasteiger partial charge < -0.3 is 18.9 Å². The van der Waals surface area contributed by atoms with Crippen LogP contribution in [-0.2, 0) is 49.4 Å². The minimum atomic E-state index is -3.37. The summed E-state index contributed by atoms with van der Waals surface area (Å²) in [7, 11) is -3.37. The molecule has 0 amide bonds. The molecule has 4 aliphatic carbocycles. The predicted molar refractivity (Wildman–Crippen MR) is 616 cm³/mol. The zero-order chi connectivity index (χ0) is 99.9. The molecule has 4 aliphatic rings. The number of ether oxygens (including phenoxy) is 4. The summed E-state index contributed by atoms with van der Waals surface area (Å²) in [6.45, 7) is 25.9. The van der Waals surface area contributed by atoms with E-state index in [1.807, 2.05) is 69.3 Å².